The standard InChI is InChI=1S/C10H16N4O/c1-7(11)10-13-9(6-12-14-10)8-2-4-15-5-3-8/h6-8H,2-5,11H2,1H3. The van der Waals surface area contributed by atoms with E-state index in [0.29, 0.717) is 11.7 Å². The molecule has 1 aromatic rings. The van der Waals surface area contributed by atoms with Crippen LogP contribution in [0.1, 0.15) is 43.2 Å². The van der Waals surface area contributed by atoms with E-state index in [1.165, 1.54) is 0 Å². The summed E-state index contributed by atoms with van der Waals surface area (Å²) in [5.74, 6) is 1.07. The van der Waals surface area contributed by atoms with Crippen LogP contribution in [0.25, 0.3) is 0 Å². The van der Waals surface area contributed by atoms with E-state index < -0.39 is 0 Å². The highest BCUT2D eigenvalue weighted by molar-refractivity contribution is 5.06. The van der Waals surface area contributed by atoms with Gasteiger partial charge in [-0.15, -0.1) is 5.10 Å². The van der Waals surface area contributed by atoms with Gasteiger partial charge in [0.1, 0.15) is 0 Å². The van der Waals surface area contributed by atoms with E-state index >= 15 is 0 Å². The number of rotatable bonds is 2. The number of hydrogen-bond donors (Lipinski definition) is 1. The molecule has 1 atom stereocenters. The van der Waals surface area contributed by atoms with Crippen molar-refractivity contribution in [3.05, 3.63) is 17.7 Å². The fourth-order valence-electron chi connectivity index (χ4n) is 1.71. The summed E-state index contributed by atoms with van der Waals surface area (Å²) in [6.45, 7) is 3.48. The number of ether oxygens (including phenoxy) is 1. The highest BCUT2D eigenvalue weighted by Crippen LogP contribution is 2.24. The average molecular weight is 208 g/mol. The molecule has 5 heteroatoms. The van der Waals surface area contributed by atoms with Gasteiger partial charge in [0.2, 0.25) is 0 Å². The second-order valence-corrected chi connectivity index (χ2v) is 3.91. The third kappa shape index (κ3) is 2.49. The van der Waals surface area contributed by atoms with Crippen molar-refractivity contribution in [2.75, 3.05) is 13.2 Å². The Morgan fingerprint density at radius 3 is 2.87 bits per heavy atom. The molecule has 15 heavy (non-hydrogen) atoms. The van der Waals surface area contributed by atoms with E-state index in [1.54, 1.807) is 6.20 Å². The molecule has 2 rings (SSSR count). The zero-order valence-corrected chi connectivity index (χ0v) is 8.89. The summed E-state index contributed by atoms with van der Waals surface area (Å²) in [6.07, 6.45) is 3.76. The lowest BCUT2D eigenvalue weighted by Gasteiger charge is -2.21. The van der Waals surface area contributed by atoms with Crippen molar-refractivity contribution >= 4 is 0 Å². The van der Waals surface area contributed by atoms with Crippen LogP contribution >= 0.6 is 0 Å². The maximum Gasteiger partial charge on any atom is 0.167 e. The highest BCUT2D eigenvalue weighted by Gasteiger charge is 2.18. The maximum atomic E-state index is 5.72. The van der Waals surface area contributed by atoms with Gasteiger partial charge in [0, 0.05) is 19.1 Å². The summed E-state index contributed by atoms with van der Waals surface area (Å²) in [6, 6.07) is -0.155. The van der Waals surface area contributed by atoms with Gasteiger partial charge in [0.05, 0.1) is 17.9 Å². The lowest BCUT2D eigenvalue weighted by molar-refractivity contribution is 0.0843. The summed E-state index contributed by atoms with van der Waals surface area (Å²) in [4.78, 5) is 4.44. The molecule has 0 radical (unpaired) electrons. The summed E-state index contributed by atoms with van der Waals surface area (Å²) in [7, 11) is 0. The predicted molar refractivity (Wildman–Crippen MR) is 55.2 cm³/mol. The Morgan fingerprint density at radius 2 is 2.20 bits per heavy atom. The van der Waals surface area contributed by atoms with E-state index in [1.807, 2.05) is 6.92 Å². The van der Waals surface area contributed by atoms with Gasteiger partial charge < -0.3 is 10.5 Å². The monoisotopic (exact) mass is 208 g/mol. The van der Waals surface area contributed by atoms with Crippen molar-refractivity contribution in [2.45, 2.75) is 31.7 Å². The minimum atomic E-state index is -0.155. The molecule has 2 N–H and O–H groups in total. The predicted octanol–water partition coefficient (Wildman–Crippen LogP) is 0.785. The van der Waals surface area contributed by atoms with Crippen molar-refractivity contribution in [1.82, 2.24) is 15.2 Å². The quantitative estimate of drug-likeness (QED) is 0.777. The van der Waals surface area contributed by atoms with E-state index in [0.717, 1.165) is 31.7 Å². The molecule has 0 spiro atoms. The van der Waals surface area contributed by atoms with Crippen LogP contribution in [0.4, 0.5) is 0 Å². The fourth-order valence-corrected chi connectivity index (χ4v) is 1.71. The molecular formula is C10H16N4O. The number of hydrogen-bond acceptors (Lipinski definition) is 5. The Bertz CT molecular complexity index is 323. The zero-order chi connectivity index (χ0) is 10.7. The van der Waals surface area contributed by atoms with Gasteiger partial charge in [-0.1, -0.05) is 0 Å². The minimum Gasteiger partial charge on any atom is -0.381 e. The lowest BCUT2D eigenvalue weighted by atomic mass is 9.97. The van der Waals surface area contributed by atoms with Crippen LogP contribution in [0, 0.1) is 0 Å². The molecule has 0 saturated carbocycles. The molecule has 82 valence electrons. The first-order valence-electron chi connectivity index (χ1n) is 5.30. The molecule has 2 heterocycles. The number of aromatic nitrogens is 3. The van der Waals surface area contributed by atoms with Gasteiger partial charge in [-0.2, -0.15) is 5.10 Å². The van der Waals surface area contributed by atoms with Crippen LogP contribution in [0.2, 0.25) is 0 Å². The first-order chi connectivity index (χ1) is 7.27. The van der Waals surface area contributed by atoms with Crippen LogP contribution in [0.3, 0.4) is 0 Å². The summed E-state index contributed by atoms with van der Waals surface area (Å²) in [5, 5.41) is 7.86. The largest absolute Gasteiger partial charge is 0.381 e. The number of nitrogens with two attached hydrogens (primary N) is 1. The van der Waals surface area contributed by atoms with Crippen molar-refractivity contribution in [3.63, 3.8) is 0 Å². The van der Waals surface area contributed by atoms with E-state index in [-0.39, 0.29) is 6.04 Å². The van der Waals surface area contributed by atoms with Crippen molar-refractivity contribution < 1.29 is 4.74 Å². The Labute approximate surface area is 89.1 Å². The van der Waals surface area contributed by atoms with Crippen LogP contribution in [-0.4, -0.2) is 28.4 Å². The SMILES string of the molecule is CC(N)c1nncc(C2CCOCC2)n1. The maximum absolute atomic E-state index is 5.72. The first kappa shape index (κ1) is 10.4. The van der Waals surface area contributed by atoms with Crippen LogP contribution in [0.5, 0.6) is 0 Å². The Hall–Kier alpha value is -1.07. The summed E-state index contributed by atoms with van der Waals surface area (Å²) < 4.78 is 5.31. The fraction of sp³-hybridized carbons (Fsp3) is 0.700. The van der Waals surface area contributed by atoms with E-state index in [2.05, 4.69) is 15.2 Å². The molecule has 1 fully saturated rings. The topological polar surface area (TPSA) is 73.9 Å². The zero-order valence-electron chi connectivity index (χ0n) is 8.89. The van der Waals surface area contributed by atoms with E-state index in [9.17, 15) is 0 Å². The molecule has 0 aromatic carbocycles. The molecule has 0 bridgehead atoms. The van der Waals surface area contributed by atoms with Gasteiger partial charge >= 0.3 is 0 Å². The number of nitrogens with zero attached hydrogens (tertiary/aromatic N) is 3. The first-order valence-corrected chi connectivity index (χ1v) is 5.30. The van der Waals surface area contributed by atoms with Gasteiger partial charge in [0.25, 0.3) is 0 Å². The van der Waals surface area contributed by atoms with Crippen molar-refractivity contribution in [3.8, 4) is 0 Å². The summed E-state index contributed by atoms with van der Waals surface area (Å²) in [5.41, 5.74) is 6.72. The summed E-state index contributed by atoms with van der Waals surface area (Å²) >= 11 is 0. The lowest BCUT2D eigenvalue weighted by Crippen LogP contribution is -2.18. The van der Waals surface area contributed by atoms with Gasteiger partial charge in [-0.25, -0.2) is 4.98 Å². The van der Waals surface area contributed by atoms with E-state index in [4.69, 9.17) is 10.5 Å². The molecule has 1 aliphatic heterocycles. The molecule has 0 aliphatic carbocycles. The normalized spacial score (nSPS) is 20.1. The van der Waals surface area contributed by atoms with Crippen LogP contribution in [-0.2, 0) is 4.74 Å². The average Bonchev–Trinajstić information content (AvgIpc) is 2.30. The third-order valence-corrected chi connectivity index (χ3v) is 2.64. The van der Waals surface area contributed by atoms with Crippen LogP contribution < -0.4 is 5.73 Å². The second kappa shape index (κ2) is 4.63. The molecule has 0 amide bonds. The molecule has 1 aromatic heterocycles. The van der Waals surface area contributed by atoms with Gasteiger partial charge in [-0.3, -0.25) is 0 Å². The van der Waals surface area contributed by atoms with Crippen molar-refractivity contribution in [1.29, 1.82) is 0 Å². The molecule has 5 nitrogen and oxygen atoms in total. The minimum absolute atomic E-state index is 0.155. The Morgan fingerprint density at radius 1 is 1.47 bits per heavy atom. The Kier molecular flexibility index (Phi) is 3.23. The molecule has 1 unspecified atom stereocenters. The smallest absolute Gasteiger partial charge is 0.167 e. The van der Waals surface area contributed by atoms with Crippen molar-refractivity contribution in [2.24, 2.45) is 5.73 Å². The molecule has 1 aliphatic rings. The second-order valence-electron chi connectivity index (χ2n) is 3.91. The molecular weight excluding hydrogens is 192 g/mol. The molecule has 1 saturated heterocycles. The highest BCUT2D eigenvalue weighted by atomic mass is 16.5. The van der Waals surface area contributed by atoms with Gasteiger partial charge in [-0.05, 0) is 19.8 Å². The Balaban J connectivity index is 2.16. The third-order valence-electron chi connectivity index (χ3n) is 2.64. The van der Waals surface area contributed by atoms with Gasteiger partial charge in [0.15, 0.2) is 5.82 Å². The van der Waals surface area contributed by atoms with Crippen LogP contribution in [0.15, 0.2) is 6.20 Å².